The summed E-state index contributed by atoms with van der Waals surface area (Å²) >= 11 is 6.26. The summed E-state index contributed by atoms with van der Waals surface area (Å²) in [6.07, 6.45) is 2.50. The molecule has 4 fully saturated rings. The predicted molar refractivity (Wildman–Crippen MR) is 226 cm³/mol. The third-order valence-corrected chi connectivity index (χ3v) is 13.5. The molecule has 61 heavy (non-hydrogen) atoms. The summed E-state index contributed by atoms with van der Waals surface area (Å²) in [4.78, 5) is 69.5. The summed E-state index contributed by atoms with van der Waals surface area (Å²) in [5.74, 6) is -1.22. The Morgan fingerprint density at radius 1 is 0.934 bits per heavy atom. The monoisotopic (exact) mass is 850 g/mol. The molecular weight excluding hydrogens is 800 g/mol. The number of nitriles is 1. The molecule has 1 aliphatic carbocycles. The van der Waals surface area contributed by atoms with Gasteiger partial charge in [-0.3, -0.25) is 39.1 Å². The molecular formula is C46H51ClN6O8. The van der Waals surface area contributed by atoms with Gasteiger partial charge in [0.05, 0.1) is 40.5 Å². The minimum atomic E-state index is -1.01. The maximum absolute atomic E-state index is 13.5. The van der Waals surface area contributed by atoms with Crippen LogP contribution >= 0.6 is 11.6 Å². The van der Waals surface area contributed by atoms with Crippen molar-refractivity contribution in [3.63, 3.8) is 0 Å². The van der Waals surface area contributed by atoms with Gasteiger partial charge < -0.3 is 24.4 Å². The molecule has 1 atom stereocenters. The van der Waals surface area contributed by atoms with Gasteiger partial charge in [-0.25, -0.2) is 0 Å². The molecule has 3 saturated heterocycles. The van der Waals surface area contributed by atoms with E-state index in [9.17, 15) is 29.2 Å². The van der Waals surface area contributed by atoms with Crippen LogP contribution in [0.4, 0.5) is 5.69 Å². The molecule has 8 rings (SSSR count). The number of rotatable bonds is 11. The van der Waals surface area contributed by atoms with Crippen molar-refractivity contribution in [2.24, 2.45) is 10.8 Å². The fourth-order valence-corrected chi connectivity index (χ4v) is 10.5. The van der Waals surface area contributed by atoms with E-state index in [1.54, 1.807) is 36.4 Å². The van der Waals surface area contributed by atoms with Crippen molar-refractivity contribution in [3.8, 4) is 17.6 Å². The van der Waals surface area contributed by atoms with Gasteiger partial charge in [-0.15, -0.1) is 0 Å². The van der Waals surface area contributed by atoms with Crippen LogP contribution in [0, 0.1) is 22.2 Å². The Labute approximate surface area is 360 Å². The second kappa shape index (κ2) is 16.4. The van der Waals surface area contributed by atoms with E-state index >= 15 is 0 Å². The van der Waals surface area contributed by atoms with Crippen molar-refractivity contribution in [2.45, 2.75) is 83.6 Å². The number of piperidine rings is 2. The zero-order valence-electron chi connectivity index (χ0n) is 34.9. The summed E-state index contributed by atoms with van der Waals surface area (Å²) in [6.45, 7) is 13.6. The lowest BCUT2D eigenvalue weighted by Crippen LogP contribution is -2.74. The second-order valence-electron chi connectivity index (χ2n) is 18.0. The lowest BCUT2D eigenvalue weighted by molar-refractivity contribution is -0.164. The quantitative estimate of drug-likeness (QED) is 0.188. The summed E-state index contributed by atoms with van der Waals surface area (Å²) < 4.78 is 18.8. The lowest BCUT2D eigenvalue weighted by atomic mass is 9.49. The Kier molecular flexibility index (Phi) is 11.4. The number of hydrogen-bond acceptors (Lipinski definition) is 11. The molecule has 1 saturated carbocycles. The minimum absolute atomic E-state index is 0.0673. The first-order valence-corrected chi connectivity index (χ1v) is 21.3. The number of amides is 5. The van der Waals surface area contributed by atoms with E-state index in [-0.39, 0.29) is 58.5 Å². The molecule has 0 bridgehead atoms. The standard InChI is InChI=1S/C46H51ClN6O8/c1-44(2)42(45(3,4)43(44)61-32-11-8-29(26-48)35(47)25-32)50-38(55)28-6-9-30(10-7-28)52-19-16-46(17-20-52)27-51(21-23-60-46)18-5-22-59-31-12-13-33-34(24-31)41(58)53(40(33)57)36-14-15-37(54)49-39(36)56/h6-13,24-25,36,42-43H,5,14-23,27H2,1-4H3,(H,50,55)(H,49,54,56). The van der Waals surface area contributed by atoms with E-state index in [1.807, 2.05) is 24.3 Å². The van der Waals surface area contributed by atoms with Gasteiger partial charge in [0.25, 0.3) is 17.7 Å². The molecule has 1 unspecified atom stereocenters. The van der Waals surface area contributed by atoms with Gasteiger partial charge >= 0.3 is 0 Å². The number of benzene rings is 3. The number of anilines is 1. The van der Waals surface area contributed by atoms with Gasteiger partial charge in [-0.1, -0.05) is 39.3 Å². The number of morpholine rings is 1. The highest BCUT2D eigenvalue weighted by Crippen LogP contribution is 2.55. The number of hydrogen-bond donors (Lipinski definition) is 2. The van der Waals surface area contributed by atoms with Crippen molar-refractivity contribution < 1.29 is 38.2 Å². The number of ether oxygens (including phenoxy) is 3. The molecule has 5 amide bonds. The second-order valence-corrected chi connectivity index (χ2v) is 18.4. The van der Waals surface area contributed by atoms with E-state index in [1.165, 1.54) is 0 Å². The van der Waals surface area contributed by atoms with Gasteiger partial charge in [-0.05, 0) is 80.3 Å². The highest BCUT2D eigenvalue weighted by atomic mass is 35.5. The largest absolute Gasteiger partial charge is 0.494 e. The Morgan fingerprint density at radius 2 is 1.64 bits per heavy atom. The van der Waals surface area contributed by atoms with E-state index < -0.39 is 29.7 Å². The number of fused-ring (bicyclic) bond motifs is 1. The van der Waals surface area contributed by atoms with Gasteiger partial charge in [0.2, 0.25) is 11.8 Å². The zero-order valence-corrected chi connectivity index (χ0v) is 35.7. The molecule has 15 heteroatoms. The molecule has 3 aromatic carbocycles. The van der Waals surface area contributed by atoms with Crippen LogP contribution in [0.2, 0.25) is 5.02 Å². The molecule has 1 spiro atoms. The third kappa shape index (κ3) is 8.07. The highest BCUT2D eigenvalue weighted by Gasteiger charge is 2.64. The fraction of sp³-hybridized carbons (Fsp3) is 0.478. The van der Waals surface area contributed by atoms with Crippen LogP contribution in [-0.4, -0.2) is 109 Å². The number of carbonyl (C=O) groups excluding carboxylic acids is 5. The van der Waals surface area contributed by atoms with Crippen LogP contribution in [-0.2, 0) is 14.3 Å². The minimum Gasteiger partial charge on any atom is -0.494 e. The molecule has 0 radical (unpaired) electrons. The number of imide groups is 2. The lowest BCUT2D eigenvalue weighted by Gasteiger charge is -2.63. The molecule has 5 aliphatic rings. The fourth-order valence-electron chi connectivity index (χ4n) is 10.2. The average Bonchev–Trinajstić information content (AvgIpc) is 3.48. The Morgan fingerprint density at radius 3 is 2.33 bits per heavy atom. The first-order valence-electron chi connectivity index (χ1n) is 21.0. The first kappa shape index (κ1) is 42.2. The summed E-state index contributed by atoms with van der Waals surface area (Å²) in [7, 11) is 0. The van der Waals surface area contributed by atoms with Gasteiger partial charge in [0.15, 0.2) is 0 Å². The van der Waals surface area contributed by atoms with E-state index in [4.69, 9.17) is 25.8 Å². The third-order valence-electron chi connectivity index (χ3n) is 13.2. The number of carbonyl (C=O) groups is 5. The van der Waals surface area contributed by atoms with E-state index in [2.05, 4.69) is 54.2 Å². The molecule has 4 aliphatic heterocycles. The van der Waals surface area contributed by atoms with Crippen molar-refractivity contribution in [2.75, 3.05) is 50.8 Å². The van der Waals surface area contributed by atoms with Crippen LogP contribution in [0.25, 0.3) is 0 Å². The van der Waals surface area contributed by atoms with E-state index in [0.717, 1.165) is 62.6 Å². The number of nitrogens with zero attached hydrogens (tertiary/aromatic N) is 4. The van der Waals surface area contributed by atoms with Crippen LogP contribution in [0.1, 0.15) is 96.4 Å². The molecule has 0 aromatic heterocycles. The molecule has 3 aromatic rings. The summed E-state index contributed by atoms with van der Waals surface area (Å²) in [6, 6.07) is 18.6. The van der Waals surface area contributed by atoms with Crippen LogP contribution < -0.4 is 25.0 Å². The van der Waals surface area contributed by atoms with Crippen molar-refractivity contribution >= 4 is 46.8 Å². The zero-order chi connectivity index (χ0) is 43.3. The van der Waals surface area contributed by atoms with Crippen LogP contribution in [0.5, 0.6) is 11.5 Å². The smallest absolute Gasteiger partial charge is 0.262 e. The maximum Gasteiger partial charge on any atom is 0.262 e. The maximum atomic E-state index is 13.5. The predicted octanol–water partition coefficient (Wildman–Crippen LogP) is 5.37. The Hall–Kier alpha value is -5.49. The topological polar surface area (TPSA) is 171 Å². The number of halogens is 1. The average molecular weight is 851 g/mol. The van der Waals surface area contributed by atoms with Crippen LogP contribution in [0.3, 0.4) is 0 Å². The highest BCUT2D eigenvalue weighted by molar-refractivity contribution is 6.31. The first-order chi connectivity index (χ1) is 29.1. The van der Waals surface area contributed by atoms with E-state index in [0.29, 0.717) is 40.9 Å². The van der Waals surface area contributed by atoms with Crippen molar-refractivity contribution in [1.82, 2.24) is 20.4 Å². The molecule has 14 nitrogen and oxygen atoms in total. The molecule has 2 N–H and O–H groups in total. The normalized spacial score (nSPS) is 24.1. The Bertz CT molecular complexity index is 2280. The van der Waals surface area contributed by atoms with Gasteiger partial charge in [0, 0.05) is 73.3 Å². The van der Waals surface area contributed by atoms with Gasteiger partial charge in [-0.2, -0.15) is 5.26 Å². The van der Waals surface area contributed by atoms with Crippen molar-refractivity contribution in [1.29, 1.82) is 5.26 Å². The summed E-state index contributed by atoms with van der Waals surface area (Å²) in [5.41, 5.74) is 1.51. The van der Waals surface area contributed by atoms with Gasteiger partial charge in [0.1, 0.15) is 29.7 Å². The number of nitrogens with one attached hydrogen (secondary N) is 2. The SMILES string of the molecule is CC1(C)C(NC(=O)c2ccc(N3CCC4(CC3)CN(CCCOc3ccc5c(c3)C(=O)N(C3CCC(=O)NC3=O)C5=O)CCO4)cc2)C(C)(C)C1Oc1ccc(C#N)c(Cl)c1. The van der Waals surface area contributed by atoms with Crippen LogP contribution in [0.15, 0.2) is 60.7 Å². The molecule has 320 valence electrons. The van der Waals surface area contributed by atoms with Crippen molar-refractivity contribution in [3.05, 3.63) is 87.9 Å². The summed E-state index contributed by atoms with van der Waals surface area (Å²) in [5, 5.41) is 15.1. The molecule has 4 heterocycles. The Balaban J connectivity index is 0.785.